The van der Waals surface area contributed by atoms with E-state index in [-0.39, 0.29) is 28.4 Å². The van der Waals surface area contributed by atoms with E-state index < -0.39 is 11.4 Å². The fourth-order valence-electron chi connectivity index (χ4n) is 14.5. The predicted octanol–water partition coefficient (Wildman–Crippen LogP) is 8.83. The number of nitrogens with zero attached hydrogens (tertiary/aromatic N) is 2. The van der Waals surface area contributed by atoms with Gasteiger partial charge in [0.1, 0.15) is 12.0 Å². The number of carbonyl (C=O) groups is 1. The first-order chi connectivity index (χ1) is 26.1. The molecule has 10 heteroatoms. The number of nitrogens with one attached hydrogen (secondary N) is 2. The largest absolute Gasteiger partial charge is 0.481 e. The van der Waals surface area contributed by atoms with Crippen LogP contribution in [-0.4, -0.2) is 75.2 Å². The van der Waals surface area contributed by atoms with E-state index in [1.54, 1.807) is 0 Å². The molecule has 2 heterocycles. The number of aliphatic carboxylic acids is 1. The summed E-state index contributed by atoms with van der Waals surface area (Å²) in [6.07, 6.45) is 17.0. The van der Waals surface area contributed by atoms with Crippen molar-refractivity contribution in [3.8, 4) is 6.01 Å². The zero-order valence-corrected chi connectivity index (χ0v) is 36.1. The molecule has 0 amide bonds. The molecule has 55 heavy (non-hydrogen) atoms. The summed E-state index contributed by atoms with van der Waals surface area (Å²) < 4.78 is 9.72. The molecule has 304 valence electrons. The molecule has 8 rings (SSSR count). The number of fused-ring (bicyclic) bond motifs is 7. The van der Waals surface area contributed by atoms with Crippen molar-refractivity contribution in [1.29, 1.82) is 0 Å². The number of carboxylic acid groups (broad SMARTS) is 1. The van der Waals surface area contributed by atoms with Crippen LogP contribution in [0.4, 0.5) is 0 Å². The number of thioether (sulfide) groups is 1. The lowest BCUT2D eigenvalue weighted by Crippen LogP contribution is -2.67. The van der Waals surface area contributed by atoms with Gasteiger partial charge in [0, 0.05) is 54.8 Å². The van der Waals surface area contributed by atoms with Gasteiger partial charge in [-0.25, -0.2) is 0 Å². The molecule has 0 aromatic carbocycles. The SMILES string of the molecule is C=C(C)[C@@H]1CC[C@]2(NCCN3CCSCC3)CC[C@]3(C)[C@H](CC[C@@H]4[C@@H]5[C@@H](CC[C@]43C)C(C)(C)C(C3=CCC(COc4nsc(=O)[nH]4)(C(=O)O)CC3)=C[C@@H]5C)[C@@H]12. The van der Waals surface area contributed by atoms with Crippen LogP contribution in [0.15, 0.2) is 40.2 Å². The lowest BCUT2D eigenvalue weighted by Gasteiger charge is -2.70. The van der Waals surface area contributed by atoms with Crippen molar-refractivity contribution in [3.05, 3.63) is 45.1 Å². The first kappa shape index (κ1) is 39.9. The van der Waals surface area contributed by atoms with Crippen LogP contribution >= 0.6 is 23.3 Å². The standard InChI is InChI=1S/C45H68N4O4S2/c1-28(2)31-12-17-45(46-20-21-49-22-24-54-25-23-49)19-18-43(7)34(37(31)45)9-8-33-36-29(3)26-35(41(4,5)32(36)13-14-42(33,43)6)30-10-15-44(16-11-30,38(50)51)27-53-39-47-40(52)55-48-39/h10,26,29,31-34,36-37,46H,1,8-9,11-25,27H2,2-7H3,(H,50,51)(H,47,48,52)/t29-,31-,32+,33+,34+,36-,37+,42+,43+,44?,45-/m0/s1. The third-order valence-electron chi connectivity index (χ3n) is 17.7. The Labute approximate surface area is 338 Å². The normalized spacial score (nSPS) is 42.5. The quantitative estimate of drug-likeness (QED) is 0.202. The van der Waals surface area contributed by atoms with Crippen molar-refractivity contribution in [2.45, 2.75) is 118 Å². The maximum atomic E-state index is 12.7. The van der Waals surface area contributed by atoms with Crippen molar-refractivity contribution in [2.75, 3.05) is 44.3 Å². The monoisotopic (exact) mass is 792 g/mol. The fourth-order valence-corrected chi connectivity index (χ4v) is 15.9. The molecule has 0 spiro atoms. The number of hydrogen-bond acceptors (Lipinski definition) is 8. The van der Waals surface area contributed by atoms with Crippen LogP contribution in [0.2, 0.25) is 0 Å². The highest BCUT2D eigenvalue weighted by molar-refractivity contribution is 7.99. The maximum absolute atomic E-state index is 12.7. The van der Waals surface area contributed by atoms with E-state index in [9.17, 15) is 14.7 Å². The van der Waals surface area contributed by atoms with Gasteiger partial charge in [0.05, 0.1) is 0 Å². The Hall–Kier alpha value is -1.88. The molecule has 0 bridgehead atoms. The molecular weight excluding hydrogens is 725 g/mol. The molecule has 1 aliphatic heterocycles. The third kappa shape index (κ3) is 6.57. The highest BCUT2D eigenvalue weighted by Crippen LogP contribution is 2.74. The molecule has 3 N–H and O–H groups in total. The molecule has 0 radical (unpaired) electrons. The van der Waals surface area contributed by atoms with Crippen molar-refractivity contribution < 1.29 is 14.6 Å². The van der Waals surface area contributed by atoms with E-state index >= 15 is 0 Å². The average Bonchev–Trinajstić information content (AvgIpc) is 3.76. The Morgan fingerprint density at radius 2 is 1.78 bits per heavy atom. The highest BCUT2D eigenvalue weighted by Gasteiger charge is 2.69. The van der Waals surface area contributed by atoms with Gasteiger partial charge in [-0.3, -0.25) is 14.6 Å². The van der Waals surface area contributed by atoms with Gasteiger partial charge in [-0.2, -0.15) is 11.8 Å². The maximum Gasteiger partial charge on any atom is 0.326 e. The summed E-state index contributed by atoms with van der Waals surface area (Å²) in [6, 6.07) is 0.110. The molecule has 5 fully saturated rings. The smallest absolute Gasteiger partial charge is 0.326 e. The van der Waals surface area contributed by atoms with Crippen LogP contribution in [0, 0.1) is 63.1 Å². The van der Waals surface area contributed by atoms with Gasteiger partial charge in [-0.05, 0) is 146 Å². The van der Waals surface area contributed by atoms with E-state index in [4.69, 9.17) is 4.74 Å². The summed E-state index contributed by atoms with van der Waals surface area (Å²) in [6.45, 7) is 24.8. The minimum absolute atomic E-state index is 0.00157. The minimum atomic E-state index is -1.03. The second-order valence-corrected chi connectivity index (χ2v) is 22.2. The summed E-state index contributed by atoms with van der Waals surface area (Å²) >= 11 is 2.89. The number of hydrogen-bond donors (Lipinski definition) is 3. The van der Waals surface area contributed by atoms with E-state index in [0.717, 1.165) is 36.3 Å². The molecule has 1 unspecified atom stereocenters. The summed E-state index contributed by atoms with van der Waals surface area (Å²) in [7, 11) is 0. The summed E-state index contributed by atoms with van der Waals surface area (Å²) in [5.41, 5.74) is 4.11. The van der Waals surface area contributed by atoms with Crippen LogP contribution in [0.25, 0.3) is 0 Å². The molecular formula is C45H68N4O4S2. The van der Waals surface area contributed by atoms with Gasteiger partial charge < -0.3 is 20.1 Å². The first-order valence-electron chi connectivity index (χ1n) is 21.7. The lowest BCUT2D eigenvalue weighted by molar-refractivity contribution is -0.201. The Kier molecular flexibility index (Phi) is 10.7. The van der Waals surface area contributed by atoms with E-state index in [1.807, 2.05) is 0 Å². The number of carboxylic acids is 1. The van der Waals surface area contributed by atoms with Crippen LogP contribution in [-0.2, 0) is 4.79 Å². The molecule has 1 aromatic rings. The zero-order chi connectivity index (χ0) is 39.0. The predicted molar refractivity (Wildman–Crippen MR) is 225 cm³/mol. The second kappa shape index (κ2) is 14.7. The van der Waals surface area contributed by atoms with E-state index in [2.05, 4.69) is 91.6 Å². The lowest BCUT2D eigenvalue weighted by atomic mass is 9.35. The van der Waals surface area contributed by atoms with Crippen LogP contribution in [0.1, 0.15) is 112 Å². The molecule has 11 atom stereocenters. The summed E-state index contributed by atoms with van der Waals surface area (Å²) in [4.78, 5) is 29.2. The van der Waals surface area contributed by atoms with Crippen LogP contribution < -0.4 is 14.9 Å². The van der Waals surface area contributed by atoms with Crippen molar-refractivity contribution in [3.63, 3.8) is 0 Å². The van der Waals surface area contributed by atoms with Gasteiger partial charge in [0.2, 0.25) is 0 Å². The minimum Gasteiger partial charge on any atom is -0.481 e. The van der Waals surface area contributed by atoms with Crippen LogP contribution in [0.3, 0.4) is 0 Å². The number of H-pyrrole nitrogens is 1. The van der Waals surface area contributed by atoms with Gasteiger partial charge in [0.25, 0.3) is 0 Å². The number of allylic oxidation sites excluding steroid dienone is 5. The Bertz CT molecular complexity index is 1760. The summed E-state index contributed by atoms with van der Waals surface area (Å²) in [5, 5.41) is 14.7. The van der Waals surface area contributed by atoms with Gasteiger partial charge >= 0.3 is 16.9 Å². The van der Waals surface area contributed by atoms with Crippen molar-refractivity contribution >= 4 is 29.3 Å². The fraction of sp³-hybridized carbons (Fsp3) is 0.800. The number of rotatable bonds is 10. The average molecular weight is 793 g/mol. The zero-order valence-electron chi connectivity index (χ0n) is 34.5. The molecule has 8 nitrogen and oxygen atoms in total. The van der Waals surface area contributed by atoms with Crippen LogP contribution in [0.5, 0.6) is 6.01 Å². The number of ether oxygens (including phenoxy) is 1. The molecule has 6 aliphatic carbocycles. The number of aromatic nitrogens is 2. The second-order valence-electron chi connectivity index (χ2n) is 20.3. The highest BCUT2D eigenvalue weighted by atomic mass is 32.2. The van der Waals surface area contributed by atoms with Gasteiger partial charge in [-0.1, -0.05) is 58.9 Å². The molecule has 1 saturated heterocycles. The molecule has 4 saturated carbocycles. The topological polar surface area (TPSA) is 108 Å². The van der Waals surface area contributed by atoms with E-state index in [0.29, 0.717) is 53.3 Å². The summed E-state index contributed by atoms with van der Waals surface area (Å²) in [5.74, 6) is 6.26. The Balaban J connectivity index is 1.02. The Morgan fingerprint density at radius 3 is 2.45 bits per heavy atom. The Morgan fingerprint density at radius 1 is 1.04 bits per heavy atom. The van der Waals surface area contributed by atoms with Gasteiger partial charge in [-0.15, -0.1) is 4.37 Å². The third-order valence-corrected chi connectivity index (χ3v) is 19.2. The van der Waals surface area contributed by atoms with Crippen molar-refractivity contribution in [2.24, 2.45) is 63.1 Å². The number of aromatic amines is 1. The first-order valence-corrected chi connectivity index (χ1v) is 23.6. The van der Waals surface area contributed by atoms with Gasteiger partial charge in [0.15, 0.2) is 0 Å². The van der Waals surface area contributed by atoms with E-state index in [1.165, 1.54) is 99.2 Å². The molecule has 7 aliphatic rings. The van der Waals surface area contributed by atoms with Crippen molar-refractivity contribution in [1.82, 2.24) is 19.6 Å². The molecule has 1 aromatic heterocycles.